The molecule has 10 bridgehead atoms. The number of pyridine rings is 1. The Kier molecular flexibility index (Phi) is 9.59. The van der Waals surface area contributed by atoms with Gasteiger partial charge in [0.2, 0.25) is 0 Å². The molecule has 6 nitrogen and oxygen atoms in total. The molecule has 0 N–H and O–H groups in total. The van der Waals surface area contributed by atoms with Gasteiger partial charge in [-0.1, -0.05) is 151 Å². The van der Waals surface area contributed by atoms with Gasteiger partial charge in [-0.2, -0.15) is 0 Å². The minimum atomic E-state index is -0.226. The summed E-state index contributed by atoms with van der Waals surface area (Å²) in [5.41, 5.74) is 15.4. The van der Waals surface area contributed by atoms with Crippen molar-refractivity contribution in [1.29, 1.82) is 0 Å². The average Bonchev–Trinajstić information content (AvgIpc) is 3.89. The number of hydrogen-bond acceptors (Lipinski definition) is 5. The first-order chi connectivity index (χ1) is 33.0. The first-order valence-electron chi connectivity index (χ1n) is 23.5. The number of hydrogen-bond donors (Lipinski definition) is 0. The van der Waals surface area contributed by atoms with Crippen LogP contribution in [0, 0.1) is 0 Å². The number of aromatic nitrogens is 2. The van der Waals surface area contributed by atoms with E-state index in [0.29, 0.717) is 6.67 Å². The third-order valence-corrected chi connectivity index (χ3v) is 13.6. The zero-order chi connectivity index (χ0) is 46.3. The van der Waals surface area contributed by atoms with E-state index in [9.17, 15) is 0 Å². The molecule has 332 valence electrons. The third-order valence-electron chi connectivity index (χ3n) is 13.6. The Balaban J connectivity index is 1.09. The van der Waals surface area contributed by atoms with Gasteiger partial charge in [0.1, 0.15) is 35.5 Å². The van der Waals surface area contributed by atoms with Crippen molar-refractivity contribution in [3.63, 3.8) is 0 Å². The number of rotatable bonds is 1. The molecule has 0 atom stereocenters. The Morgan fingerprint density at radius 3 is 1.93 bits per heavy atom. The molecule has 0 spiro atoms. The fourth-order valence-electron chi connectivity index (χ4n) is 10.2. The molecule has 4 aliphatic rings. The van der Waals surface area contributed by atoms with Gasteiger partial charge in [-0.3, -0.25) is 4.57 Å². The molecule has 10 aromatic rings. The molecule has 8 aromatic carbocycles. The van der Waals surface area contributed by atoms with Gasteiger partial charge in [0.25, 0.3) is 0 Å². The molecule has 0 saturated carbocycles. The molecule has 68 heavy (non-hydrogen) atoms. The van der Waals surface area contributed by atoms with Crippen molar-refractivity contribution in [3.8, 4) is 62.2 Å². The van der Waals surface area contributed by atoms with E-state index in [2.05, 4.69) is 232 Å². The lowest BCUT2D eigenvalue weighted by molar-refractivity contribution is 0.483. The van der Waals surface area contributed by atoms with E-state index in [-0.39, 0.29) is 10.8 Å². The zero-order valence-corrected chi connectivity index (χ0v) is 39.3. The van der Waals surface area contributed by atoms with Gasteiger partial charge in [-0.25, -0.2) is 4.98 Å². The summed E-state index contributed by atoms with van der Waals surface area (Å²) < 4.78 is 16.0. The summed E-state index contributed by atoms with van der Waals surface area (Å²) in [7, 11) is 0. The van der Waals surface area contributed by atoms with Crippen LogP contribution in [0.5, 0.6) is 23.0 Å². The summed E-state index contributed by atoms with van der Waals surface area (Å²) in [5.74, 6) is 3.88. The third kappa shape index (κ3) is 7.07. The average molecular weight is 885 g/mol. The van der Waals surface area contributed by atoms with Gasteiger partial charge in [0, 0.05) is 57.0 Å². The van der Waals surface area contributed by atoms with Gasteiger partial charge in [-0.15, -0.1) is 0 Å². The fourth-order valence-corrected chi connectivity index (χ4v) is 10.2. The largest absolute Gasteiger partial charge is 0.457 e. The van der Waals surface area contributed by atoms with Crippen molar-refractivity contribution in [2.75, 3.05) is 16.5 Å². The highest BCUT2D eigenvalue weighted by Crippen LogP contribution is 2.51. The van der Waals surface area contributed by atoms with E-state index >= 15 is 0 Å². The van der Waals surface area contributed by atoms with Crippen LogP contribution in [0.3, 0.4) is 0 Å². The van der Waals surface area contributed by atoms with E-state index in [0.717, 1.165) is 95.6 Å². The van der Waals surface area contributed by atoms with Crippen molar-refractivity contribution < 1.29 is 9.47 Å². The van der Waals surface area contributed by atoms with Crippen molar-refractivity contribution in [1.82, 2.24) is 9.55 Å². The predicted molar refractivity (Wildman–Crippen MR) is 281 cm³/mol. The molecule has 0 fully saturated rings. The van der Waals surface area contributed by atoms with Crippen molar-refractivity contribution in [2.24, 2.45) is 0 Å². The van der Waals surface area contributed by atoms with Gasteiger partial charge in [0.15, 0.2) is 0 Å². The van der Waals surface area contributed by atoms with E-state index in [1.54, 1.807) is 0 Å². The van der Waals surface area contributed by atoms with Crippen molar-refractivity contribution >= 4 is 44.6 Å². The molecule has 2 aromatic heterocycles. The summed E-state index contributed by atoms with van der Waals surface area (Å²) in [6, 6.07) is 67.1. The van der Waals surface area contributed by atoms with Crippen LogP contribution in [-0.2, 0) is 10.8 Å². The molecule has 0 unspecified atom stereocenters. The molecule has 6 heteroatoms. The highest BCUT2D eigenvalue weighted by molar-refractivity contribution is 6.09. The number of para-hydroxylation sites is 5. The van der Waals surface area contributed by atoms with Crippen LogP contribution in [-0.4, -0.2) is 16.2 Å². The molecule has 0 saturated heterocycles. The summed E-state index contributed by atoms with van der Waals surface area (Å²) in [4.78, 5) is 10.1. The fraction of sp³-hybridized carbons (Fsp3) is 0.145. The second-order valence-electron chi connectivity index (χ2n) is 20.1. The molecular formula is C62H52N4O2. The lowest BCUT2D eigenvalue weighted by Gasteiger charge is -2.28. The Hall–Kier alpha value is -8.09. The minimum absolute atomic E-state index is 0.0121. The zero-order valence-electron chi connectivity index (χ0n) is 39.3. The molecule has 0 aliphatic carbocycles. The second kappa shape index (κ2) is 15.8. The van der Waals surface area contributed by atoms with Crippen LogP contribution in [0.25, 0.3) is 61.0 Å². The summed E-state index contributed by atoms with van der Waals surface area (Å²) >= 11 is 0. The van der Waals surface area contributed by atoms with Crippen LogP contribution >= 0.6 is 0 Å². The maximum absolute atomic E-state index is 6.87. The summed E-state index contributed by atoms with van der Waals surface area (Å²) in [5, 5.41) is 2.29. The molecular weight excluding hydrogens is 833 g/mol. The molecule has 0 amide bonds. The molecule has 6 heterocycles. The van der Waals surface area contributed by atoms with Crippen molar-refractivity contribution in [2.45, 2.75) is 52.4 Å². The SMILES string of the molecule is CC(C)(C)c1cccc(-c2cccc3c2N2CN(c4cccc(c4)Oc4ccc5c6ccccc6n(c5c4)-c4cc(C(C)(C)C)c(cn4)-c4ccccc4Oc4ccc-3cc4)c3ccccc32)c1. The Morgan fingerprint density at radius 1 is 0.456 bits per heavy atom. The first kappa shape index (κ1) is 41.3. The number of fused-ring (bicyclic) bond motifs is 5. The number of ether oxygens (including phenoxy) is 2. The normalized spacial score (nSPS) is 13.3. The van der Waals surface area contributed by atoms with Crippen LogP contribution in [0.1, 0.15) is 52.7 Å². The maximum atomic E-state index is 6.87. The topological polar surface area (TPSA) is 42.8 Å². The Bertz CT molecular complexity index is 3590. The van der Waals surface area contributed by atoms with E-state index in [1.807, 2.05) is 18.3 Å². The smallest absolute Gasteiger partial charge is 0.137 e. The maximum Gasteiger partial charge on any atom is 0.137 e. The van der Waals surface area contributed by atoms with Crippen LogP contribution < -0.4 is 19.3 Å². The lowest BCUT2D eigenvalue weighted by atomic mass is 9.82. The first-order valence-corrected chi connectivity index (χ1v) is 23.5. The number of benzene rings is 8. The van der Waals surface area contributed by atoms with Gasteiger partial charge >= 0.3 is 0 Å². The molecule has 0 radical (unpaired) electrons. The minimum Gasteiger partial charge on any atom is -0.457 e. The number of nitrogens with zero attached hydrogens (tertiary/aromatic N) is 4. The van der Waals surface area contributed by atoms with Crippen LogP contribution in [0.15, 0.2) is 194 Å². The molecule has 14 rings (SSSR count). The predicted octanol–water partition coefficient (Wildman–Crippen LogP) is 16.9. The quantitative estimate of drug-likeness (QED) is 0.164. The van der Waals surface area contributed by atoms with Crippen LogP contribution in [0.2, 0.25) is 0 Å². The van der Waals surface area contributed by atoms with Gasteiger partial charge in [0.05, 0.1) is 28.1 Å². The van der Waals surface area contributed by atoms with Gasteiger partial charge < -0.3 is 19.3 Å². The Morgan fingerprint density at radius 2 is 1.12 bits per heavy atom. The van der Waals surface area contributed by atoms with E-state index in [4.69, 9.17) is 14.5 Å². The monoisotopic (exact) mass is 884 g/mol. The highest BCUT2D eigenvalue weighted by Gasteiger charge is 2.32. The van der Waals surface area contributed by atoms with E-state index < -0.39 is 0 Å². The lowest BCUT2D eigenvalue weighted by Crippen LogP contribution is -2.25. The molecule has 4 aliphatic heterocycles. The van der Waals surface area contributed by atoms with Crippen molar-refractivity contribution in [3.05, 3.63) is 205 Å². The standard InChI is InChI=1S/C62H52N4O2/c1-61(2,3)42-17-13-16-41(34-42)48-23-15-22-47-40-28-30-44(31-29-40)68-58-27-12-8-21-51(58)52-38-63-59(37-53(52)62(4,5)6)66-54-24-9-7-20-49(54)50-33-32-46(36-57(50)66)67-45-19-14-18-43(35-45)64-39-65(60(47)48)56-26-11-10-25-55(56)64/h7-38H,39H2,1-6H3. The highest BCUT2D eigenvalue weighted by atomic mass is 16.5. The summed E-state index contributed by atoms with van der Waals surface area (Å²) in [6.45, 7) is 14.2. The summed E-state index contributed by atoms with van der Waals surface area (Å²) in [6.07, 6.45) is 2.02. The van der Waals surface area contributed by atoms with Crippen LogP contribution in [0.4, 0.5) is 22.7 Å². The number of anilines is 4. The Labute approximate surface area is 398 Å². The van der Waals surface area contributed by atoms with Gasteiger partial charge in [-0.05, 0) is 99.8 Å². The second-order valence-corrected chi connectivity index (χ2v) is 20.1. The van der Waals surface area contributed by atoms with E-state index in [1.165, 1.54) is 22.3 Å².